The van der Waals surface area contributed by atoms with Crippen LogP contribution >= 0.6 is 0 Å². The van der Waals surface area contributed by atoms with Gasteiger partial charge in [-0.25, -0.2) is 0 Å². The molecule has 2 rings (SSSR count). The van der Waals surface area contributed by atoms with Crippen LogP contribution in [-0.4, -0.2) is 12.9 Å². The Morgan fingerprint density at radius 3 is 2.33 bits per heavy atom. The van der Waals surface area contributed by atoms with Gasteiger partial charge in [0.2, 0.25) is 0 Å². The van der Waals surface area contributed by atoms with Gasteiger partial charge in [-0.2, -0.15) is 0 Å². The number of nitrogens with zero attached hydrogens (tertiary/aromatic N) is 1. The predicted octanol–water partition coefficient (Wildman–Crippen LogP) is 2.20. The van der Waals surface area contributed by atoms with Crippen LogP contribution in [0.1, 0.15) is 5.56 Å². The number of nitrogen functional groups attached to an aromatic ring is 1. The Morgan fingerprint density at radius 2 is 1.72 bits per heavy atom. The van der Waals surface area contributed by atoms with E-state index in [2.05, 4.69) is 9.99 Å². The van der Waals surface area contributed by atoms with Crippen LogP contribution in [0.5, 0.6) is 0 Å². The molecule has 0 radical (unpaired) electrons. The highest BCUT2D eigenvalue weighted by Gasteiger charge is 2.03. The third kappa shape index (κ3) is 2.43. The topological polar surface area (TPSA) is 73.6 Å². The summed E-state index contributed by atoms with van der Waals surface area (Å²) in [5.41, 5.74) is 15.3. The lowest BCUT2D eigenvalue weighted by molar-refractivity contribution is 0.213. The van der Waals surface area contributed by atoms with Crippen LogP contribution in [-0.2, 0) is 4.84 Å². The summed E-state index contributed by atoms with van der Waals surface area (Å²) >= 11 is 0. The van der Waals surface area contributed by atoms with Crippen LogP contribution in [0.3, 0.4) is 0 Å². The van der Waals surface area contributed by atoms with Crippen LogP contribution < -0.4 is 11.5 Å². The van der Waals surface area contributed by atoms with E-state index in [1.165, 1.54) is 7.11 Å². The van der Waals surface area contributed by atoms with Crippen molar-refractivity contribution in [2.45, 2.75) is 0 Å². The summed E-state index contributed by atoms with van der Waals surface area (Å²) in [6, 6.07) is 15.4. The van der Waals surface area contributed by atoms with Crippen LogP contribution in [0.2, 0.25) is 0 Å². The number of nitrogens with two attached hydrogens (primary N) is 2. The highest BCUT2D eigenvalue weighted by molar-refractivity contribution is 5.97. The Labute approximate surface area is 106 Å². The van der Waals surface area contributed by atoms with Gasteiger partial charge in [0.15, 0.2) is 5.84 Å². The van der Waals surface area contributed by atoms with Gasteiger partial charge in [-0.1, -0.05) is 47.6 Å². The average molecular weight is 241 g/mol. The smallest absolute Gasteiger partial charge is 0.170 e. The van der Waals surface area contributed by atoms with E-state index >= 15 is 0 Å². The predicted molar refractivity (Wildman–Crippen MR) is 74.0 cm³/mol. The van der Waals surface area contributed by atoms with Gasteiger partial charge in [0.05, 0.1) is 0 Å². The van der Waals surface area contributed by atoms with Gasteiger partial charge in [-0.05, 0) is 11.6 Å². The molecule has 18 heavy (non-hydrogen) atoms. The summed E-state index contributed by atoms with van der Waals surface area (Å²) in [7, 11) is 1.46. The SMILES string of the molecule is CON=C(N)c1ccc(-c2ccccc2N)cc1. The fourth-order valence-electron chi connectivity index (χ4n) is 1.73. The molecule has 0 aliphatic heterocycles. The van der Waals surface area contributed by atoms with E-state index < -0.39 is 0 Å². The Balaban J connectivity index is 2.34. The molecule has 0 aliphatic rings. The van der Waals surface area contributed by atoms with E-state index in [1.807, 2.05) is 48.5 Å². The highest BCUT2D eigenvalue weighted by Crippen LogP contribution is 2.25. The normalized spacial score (nSPS) is 11.3. The largest absolute Gasteiger partial charge is 0.398 e. The third-order valence-electron chi connectivity index (χ3n) is 2.64. The van der Waals surface area contributed by atoms with Crippen molar-refractivity contribution in [1.29, 1.82) is 0 Å². The van der Waals surface area contributed by atoms with Crippen LogP contribution in [0.15, 0.2) is 53.7 Å². The molecule has 0 unspecified atom stereocenters. The van der Waals surface area contributed by atoms with Gasteiger partial charge in [-0.3, -0.25) is 0 Å². The zero-order valence-corrected chi connectivity index (χ0v) is 10.1. The number of hydrogen-bond acceptors (Lipinski definition) is 3. The summed E-state index contributed by atoms with van der Waals surface area (Å²) in [6.45, 7) is 0. The molecule has 0 heterocycles. The minimum Gasteiger partial charge on any atom is -0.398 e. The quantitative estimate of drug-likeness (QED) is 0.374. The molecule has 92 valence electrons. The molecule has 0 atom stereocenters. The van der Waals surface area contributed by atoms with Gasteiger partial charge >= 0.3 is 0 Å². The maximum atomic E-state index is 5.93. The lowest BCUT2D eigenvalue weighted by atomic mass is 10.0. The van der Waals surface area contributed by atoms with Crippen LogP contribution in [0, 0.1) is 0 Å². The number of hydrogen-bond donors (Lipinski definition) is 2. The summed E-state index contributed by atoms with van der Waals surface area (Å²) < 4.78 is 0. The fourth-order valence-corrected chi connectivity index (χ4v) is 1.73. The molecule has 0 bridgehead atoms. The highest BCUT2D eigenvalue weighted by atomic mass is 16.6. The third-order valence-corrected chi connectivity index (χ3v) is 2.64. The molecule has 0 spiro atoms. The standard InChI is InChI=1S/C14H15N3O/c1-18-17-14(16)11-8-6-10(7-9-11)12-4-2-3-5-13(12)15/h2-9H,15H2,1H3,(H2,16,17). The number of para-hydroxylation sites is 1. The van der Waals surface area contributed by atoms with Crippen molar-refractivity contribution < 1.29 is 4.84 Å². The molecule has 0 aromatic heterocycles. The molecule has 2 aromatic rings. The van der Waals surface area contributed by atoms with Crippen molar-refractivity contribution in [2.24, 2.45) is 10.9 Å². The van der Waals surface area contributed by atoms with Gasteiger partial charge in [0.1, 0.15) is 7.11 Å². The maximum Gasteiger partial charge on any atom is 0.170 e. The lowest BCUT2D eigenvalue weighted by Crippen LogP contribution is -2.13. The molecular formula is C14H15N3O. The number of benzene rings is 2. The van der Waals surface area contributed by atoms with E-state index in [1.54, 1.807) is 0 Å². The molecule has 4 heteroatoms. The van der Waals surface area contributed by atoms with E-state index in [0.717, 1.165) is 22.4 Å². The van der Waals surface area contributed by atoms with Crippen LogP contribution in [0.25, 0.3) is 11.1 Å². The minimum atomic E-state index is 0.352. The van der Waals surface area contributed by atoms with Crippen LogP contribution in [0.4, 0.5) is 5.69 Å². The van der Waals surface area contributed by atoms with Crippen molar-refractivity contribution >= 4 is 11.5 Å². The summed E-state index contributed by atoms with van der Waals surface area (Å²) in [5, 5.41) is 3.68. The first-order valence-electron chi connectivity index (χ1n) is 5.54. The first-order valence-corrected chi connectivity index (χ1v) is 5.54. The minimum absolute atomic E-state index is 0.352. The van der Waals surface area contributed by atoms with Gasteiger partial charge in [0.25, 0.3) is 0 Å². The fraction of sp³-hybridized carbons (Fsp3) is 0.0714. The molecule has 2 aromatic carbocycles. The molecule has 0 amide bonds. The Morgan fingerprint density at radius 1 is 1.06 bits per heavy atom. The lowest BCUT2D eigenvalue weighted by Gasteiger charge is -2.06. The summed E-state index contributed by atoms with van der Waals surface area (Å²) in [6.07, 6.45) is 0. The average Bonchev–Trinajstić information content (AvgIpc) is 2.40. The van der Waals surface area contributed by atoms with E-state index in [-0.39, 0.29) is 0 Å². The maximum absolute atomic E-state index is 5.93. The second-order valence-electron chi connectivity index (χ2n) is 3.82. The van der Waals surface area contributed by atoms with Gasteiger partial charge < -0.3 is 16.3 Å². The van der Waals surface area contributed by atoms with Crippen molar-refractivity contribution in [1.82, 2.24) is 0 Å². The Bertz CT molecular complexity index is 562. The molecule has 0 aliphatic carbocycles. The number of rotatable bonds is 3. The van der Waals surface area contributed by atoms with Gasteiger partial charge in [0, 0.05) is 16.8 Å². The Hall–Kier alpha value is -2.49. The molecular weight excluding hydrogens is 226 g/mol. The number of amidine groups is 1. The second kappa shape index (κ2) is 5.23. The van der Waals surface area contributed by atoms with Crippen molar-refractivity contribution in [3.8, 4) is 11.1 Å². The summed E-state index contributed by atoms with van der Waals surface area (Å²) in [5.74, 6) is 0.352. The Kier molecular flexibility index (Phi) is 3.48. The van der Waals surface area contributed by atoms with Crippen molar-refractivity contribution in [2.75, 3.05) is 12.8 Å². The monoisotopic (exact) mass is 241 g/mol. The zero-order valence-electron chi connectivity index (χ0n) is 10.1. The molecule has 0 fully saturated rings. The number of anilines is 1. The zero-order chi connectivity index (χ0) is 13.0. The van der Waals surface area contributed by atoms with Gasteiger partial charge in [-0.15, -0.1) is 0 Å². The van der Waals surface area contributed by atoms with E-state index in [0.29, 0.717) is 5.84 Å². The number of oxime groups is 1. The first kappa shape index (κ1) is 12.0. The molecule has 4 nitrogen and oxygen atoms in total. The summed E-state index contributed by atoms with van der Waals surface area (Å²) in [4.78, 5) is 4.63. The van der Waals surface area contributed by atoms with E-state index in [4.69, 9.17) is 11.5 Å². The van der Waals surface area contributed by atoms with E-state index in [9.17, 15) is 0 Å². The molecule has 0 saturated heterocycles. The first-order chi connectivity index (χ1) is 8.72. The van der Waals surface area contributed by atoms with Crippen molar-refractivity contribution in [3.05, 3.63) is 54.1 Å². The second-order valence-corrected chi connectivity index (χ2v) is 3.82. The van der Waals surface area contributed by atoms with Crippen molar-refractivity contribution in [3.63, 3.8) is 0 Å². The molecule has 0 saturated carbocycles. The molecule has 4 N–H and O–H groups in total.